The molecule has 3 fully saturated rings. The number of aliphatic hydroxyl groups is 5. The van der Waals surface area contributed by atoms with Crippen LogP contribution in [0.1, 0.15) is 6.42 Å². The maximum absolute atomic E-state index is 10.6. The second-order valence-electron chi connectivity index (χ2n) is 8.96. The van der Waals surface area contributed by atoms with Gasteiger partial charge in [-0.2, -0.15) is 0 Å². The lowest BCUT2D eigenvalue weighted by atomic mass is 9.84. The molecule has 0 aromatic carbocycles. The van der Waals surface area contributed by atoms with Gasteiger partial charge in [0.1, 0.15) is 48.8 Å². The molecule has 15 N–H and O–H groups in total. The minimum atomic E-state index is -1.35. The van der Waals surface area contributed by atoms with Crippen LogP contribution >= 0.6 is 0 Å². The lowest BCUT2D eigenvalue weighted by molar-refractivity contribution is -0.292. The third-order valence-corrected chi connectivity index (χ3v) is 6.56. The molecule has 0 spiro atoms. The lowest BCUT2D eigenvalue weighted by Gasteiger charge is -2.46. The van der Waals surface area contributed by atoms with E-state index in [1.54, 1.807) is 0 Å². The molecule has 3 rings (SSSR count). The van der Waals surface area contributed by atoms with Crippen molar-refractivity contribution < 1.29 is 49.2 Å². The maximum atomic E-state index is 10.6. The number of nitrogens with two attached hydrogens (primary N) is 5. The zero-order valence-electron chi connectivity index (χ0n) is 18.8. The minimum absolute atomic E-state index is 0.0137. The molecule has 0 aromatic heterocycles. The first kappa shape index (κ1) is 28.0. The van der Waals surface area contributed by atoms with E-state index in [1.165, 1.54) is 0 Å². The Balaban J connectivity index is 1.60. The molecular weight excluding hydrogens is 458 g/mol. The van der Waals surface area contributed by atoms with Crippen molar-refractivity contribution in [2.75, 3.05) is 26.3 Å². The first-order valence-corrected chi connectivity index (χ1v) is 11.4. The molecule has 15 nitrogen and oxygen atoms in total. The first-order chi connectivity index (χ1) is 16.1. The summed E-state index contributed by atoms with van der Waals surface area (Å²) in [4.78, 5) is 0. The molecule has 200 valence electrons. The molecular formula is C19H39N5O10. The van der Waals surface area contributed by atoms with E-state index in [4.69, 9.17) is 52.4 Å². The van der Waals surface area contributed by atoms with E-state index in [0.717, 1.165) is 0 Å². The van der Waals surface area contributed by atoms with Crippen LogP contribution in [0, 0.1) is 0 Å². The summed E-state index contributed by atoms with van der Waals surface area (Å²) in [7, 11) is 0. The van der Waals surface area contributed by atoms with E-state index in [2.05, 4.69) is 0 Å². The zero-order valence-corrected chi connectivity index (χ0v) is 18.8. The molecule has 2 heterocycles. The minimum Gasteiger partial charge on any atom is -0.389 e. The molecule has 0 radical (unpaired) electrons. The standard InChI is InChI=1S/C19H39N5O10/c20-4-8-12(26)14(28)10(24)18(32-8)34-16-7(23)3-6(22)11(25)17(16)30-1-2-31-19-15(29)13(27)9(5-21)33-19/h6-19,25-29H,1-5,20-24H2. The quantitative estimate of drug-likeness (QED) is 0.132. The lowest BCUT2D eigenvalue weighted by Crippen LogP contribution is -2.67. The molecule has 3 aliphatic rings. The van der Waals surface area contributed by atoms with Gasteiger partial charge in [0.25, 0.3) is 0 Å². The van der Waals surface area contributed by atoms with E-state index in [9.17, 15) is 25.5 Å². The fourth-order valence-electron chi connectivity index (χ4n) is 4.46. The molecule has 0 aromatic rings. The molecule has 14 unspecified atom stereocenters. The predicted octanol–water partition coefficient (Wildman–Crippen LogP) is -6.67. The Morgan fingerprint density at radius 2 is 1.21 bits per heavy atom. The van der Waals surface area contributed by atoms with Crippen molar-refractivity contribution in [3.05, 3.63) is 0 Å². The number of aliphatic hydroxyl groups excluding tert-OH is 5. The Morgan fingerprint density at radius 3 is 1.82 bits per heavy atom. The molecule has 1 saturated carbocycles. The number of hydrogen-bond donors (Lipinski definition) is 10. The van der Waals surface area contributed by atoms with Crippen molar-refractivity contribution in [3.8, 4) is 0 Å². The molecule has 2 aliphatic heterocycles. The Kier molecular flexibility index (Phi) is 9.95. The smallest absolute Gasteiger partial charge is 0.186 e. The Bertz CT molecular complexity index is 638. The summed E-state index contributed by atoms with van der Waals surface area (Å²) in [6, 6.07) is -2.46. The second kappa shape index (κ2) is 12.1. The molecule has 0 amide bonds. The van der Waals surface area contributed by atoms with Crippen LogP contribution < -0.4 is 28.7 Å². The van der Waals surface area contributed by atoms with Crippen LogP contribution in [0.4, 0.5) is 0 Å². The highest BCUT2D eigenvalue weighted by Crippen LogP contribution is 2.29. The average Bonchev–Trinajstić information content (AvgIpc) is 3.09. The van der Waals surface area contributed by atoms with Gasteiger partial charge in [0, 0.05) is 25.2 Å². The van der Waals surface area contributed by atoms with Crippen LogP contribution in [0.5, 0.6) is 0 Å². The van der Waals surface area contributed by atoms with Gasteiger partial charge in [-0.1, -0.05) is 0 Å². The highest BCUT2D eigenvalue weighted by atomic mass is 16.7. The fourth-order valence-corrected chi connectivity index (χ4v) is 4.46. The molecule has 0 bridgehead atoms. The van der Waals surface area contributed by atoms with Gasteiger partial charge < -0.3 is 77.9 Å². The summed E-state index contributed by atoms with van der Waals surface area (Å²) in [6.07, 6.45) is -11.9. The average molecular weight is 498 g/mol. The third-order valence-electron chi connectivity index (χ3n) is 6.56. The number of rotatable bonds is 9. The SMILES string of the molecule is NCC1OC(OCCOC2C(O)C(N)CC(N)C2OC2OC(CN)C(O)C(O)C2N)C(O)C1O. The van der Waals surface area contributed by atoms with Crippen molar-refractivity contribution in [1.82, 2.24) is 0 Å². The summed E-state index contributed by atoms with van der Waals surface area (Å²) >= 11 is 0. The molecule has 15 heteroatoms. The highest BCUT2D eigenvalue weighted by molar-refractivity contribution is 5.00. The molecule has 2 saturated heterocycles. The van der Waals surface area contributed by atoms with Crippen LogP contribution in [0.25, 0.3) is 0 Å². The molecule has 1 aliphatic carbocycles. The Labute approximate surface area is 197 Å². The molecule has 14 atom stereocenters. The van der Waals surface area contributed by atoms with Crippen LogP contribution in [0.15, 0.2) is 0 Å². The van der Waals surface area contributed by atoms with Gasteiger partial charge in [-0.15, -0.1) is 0 Å². The van der Waals surface area contributed by atoms with Crippen molar-refractivity contribution in [2.24, 2.45) is 28.7 Å². The number of hydrogen-bond acceptors (Lipinski definition) is 15. The normalized spacial score (nSPS) is 49.9. The van der Waals surface area contributed by atoms with Crippen LogP contribution in [0.3, 0.4) is 0 Å². The maximum Gasteiger partial charge on any atom is 0.186 e. The van der Waals surface area contributed by atoms with Gasteiger partial charge in [0.2, 0.25) is 0 Å². The van der Waals surface area contributed by atoms with Crippen molar-refractivity contribution in [3.63, 3.8) is 0 Å². The fraction of sp³-hybridized carbons (Fsp3) is 1.00. The van der Waals surface area contributed by atoms with E-state index in [1.807, 2.05) is 0 Å². The summed E-state index contributed by atoms with van der Waals surface area (Å²) in [6.45, 7) is -0.200. The predicted molar refractivity (Wildman–Crippen MR) is 115 cm³/mol. The first-order valence-electron chi connectivity index (χ1n) is 11.4. The molecule has 34 heavy (non-hydrogen) atoms. The van der Waals surface area contributed by atoms with Crippen LogP contribution in [0.2, 0.25) is 0 Å². The van der Waals surface area contributed by atoms with Gasteiger partial charge in [0.15, 0.2) is 12.6 Å². The highest BCUT2D eigenvalue weighted by Gasteiger charge is 2.49. The van der Waals surface area contributed by atoms with E-state index < -0.39 is 85.6 Å². The second-order valence-corrected chi connectivity index (χ2v) is 8.96. The van der Waals surface area contributed by atoms with Crippen LogP contribution in [-0.2, 0) is 23.7 Å². The largest absolute Gasteiger partial charge is 0.389 e. The van der Waals surface area contributed by atoms with E-state index >= 15 is 0 Å². The van der Waals surface area contributed by atoms with Crippen LogP contribution in [-0.4, -0.2) is 137 Å². The topological polar surface area (TPSA) is 277 Å². The van der Waals surface area contributed by atoms with E-state index in [0.29, 0.717) is 0 Å². The number of ether oxygens (including phenoxy) is 5. The van der Waals surface area contributed by atoms with Crippen molar-refractivity contribution in [2.45, 2.75) is 92.1 Å². The van der Waals surface area contributed by atoms with Gasteiger partial charge in [-0.3, -0.25) is 0 Å². The van der Waals surface area contributed by atoms with Crippen molar-refractivity contribution in [1.29, 1.82) is 0 Å². The monoisotopic (exact) mass is 497 g/mol. The Hall–Kier alpha value is -0.600. The van der Waals surface area contributed by atoms with Gasteiger partial charge >= 0.3 is 0 Å². The van der Waals surface area contributed by atoms with Gasteiger partial charge in [-0.25, -0.2) is 0 Å². The van der Waals surface area contributed by atoms with E-state index in [-0.39, 0.29) is 32.7 Å². The van der Waals surface area contributed by atoms with Crippen molar-refractivity contribution >= 4 is 0 Å². The summed E-state index contributed by atoms with van der Waals surface area (Å²) in [5, 5.41) is 50.8. The third kappa shape index (κ3) is 5.86. The van der Waals surface area contributed by atoms with Gasteiger partial charge in [-0.05, 0) is 6.42 Å². The summed E-state index contributed by atoms with van der Waals surface area (Å²) < 4.78 is 28.1. The summed E-state index contributed by atoms with van der Waals surface area (Å²) in [5.41, 5.74) is 29.3. The summed E-state index contributed by atoms with van der Waals surface area (Å²) in [5.74, 6) is 0. The Morgan fingerprint density at radius 1 is 0.647 bits per heavy atom. The van der Waals surface area contributed by atoms with Gasteiger partial charge in [0.05, 0.1) is 25.4 Å². The zero-order chi connectivity index (χ0) is 25.2.